The van der Waals surface area contributed by atoms with Crippen molar-refractivity contribution >= 4 is 32.4 Å². The van der Waals surface area contributed by atoms with E-state index < -0.39 is 33.0 Å². The molecule has 3 aromatic rings. The largest absolute Gasteiger partial charge is 0.290 e. The van der Waals surface area contributed by atoms with Crippen molar-refractivity contribution in [1.29, 1.82) is 0 Å². The van der Waals surface area contributed by atoms with Crippen molar-refractivity contribution in [1.82, 2.24) is 21.0 Å². The van der Waals surface area contributed by atoms with Gasteiger partial charge in [-0.15, -0.1) is 0 Å². The highest BCUT2D eigenvalue weighted by Gasteiger charge is 2.18. The summed E-state index contributed by atoms with van der Waals surface area (Å²) in [7, 11) is -3.61. The van der Waals surface area contributed by atoms with Crippen molar-refractivity contribution in [2.75, 3.05) is 5.75 Å². The van der Waals surface area contributed by atoms with Crippen molar-refractivity contribution in [3.8, 4) is 0 Å². The Hall–Kier alpha value is -3.53. The topological polar surface area (TPSA) is 138 Å². The Labute approximate surface area is 159 Å². The summed E-state index contributed by atoms with van der Waals surface area (Å²) in [6.07, 6.45) is -0.336. The molecule has 0 aliphatic heterocycles. The van der Waals surface area contributed by atoms with E-state index in [2.05, 4.69) is 21.0 Å². The lowest BCUT2D eigenvalue weighted by Crippen LogP contribution is -2.42. The number of fused-ring (bicyclic) bond motifs is 1. The van der Waals surface area contributed by atoms with E-state index in [1.54, 1.807) is 42.5 Å². The molecule has 0 aliphatic carbocycles. The zero-order valence-electron chi connectivity index (χ0n) is 14.5. The van der Waals surface area contributed by atoms with Gasteiger partial charge in [0.15, 0.2) is 15.5 Å². The minimum atomic E-state index is -3.61. The van der Waals surface area contributed by atoms with E-state index in [0.717, 1.165) is 0 Å². The number of carbonyl (C=O) groups excluding carboxylic acids is 2. The summed E-state index contributed by atoms with van der Waals surface area (Å²) < 4.78 is 24.3. The van der Waals surface area contributed by atoms with E-state index in [-0.39, 0.29) is 22.4 Å². The molecular weight excluding hydrogens is 384 g/mol. The fraction of sp³-hybridized carbons (Fsp3) is 0.111. The van der Waals surface area contributed by atoms with Gasteiger partial charge in [-0.2, -0.15) is 5.10 Å². The van der Waals surface area contributed by atoms with E-state index in [0.29, 0.717) is 5.39 Å². The maximum atomic E-state index is 12.3. The lowest BCUT2D eigenvalue weighted by Gasteiger charge is -2.08. The lowest BCUT2D eigenvalue weighted by atomic mass is 10.1. The molecule has 9 nitrogen and oxygen atoms in total. The number of hydrogen-bond donors (Lipinski definition) is 3. The van der Waals surface area contributed by atoms with Crippen LogP contribution in [0, 0.1) is 0 Å². The van der Waals surface area contributed by atoms with Crippen LogP contribution in [0.25, 0.3) is 10.8 Å². The number of carbonyl (C=O) groups is 2. The molecule has 0 fully saturated rings. The van der Waals surface area contributed by atoms with Crippen LogP contribution in [0.3, 0.4) is 0 Å². The molecule has 0 radical (unpaired) electrons. The van der Waals surface area contributed by atoms with Crippen LogP contribution in [-0.4, -0.2) is 36.2 Å². The van der Waals surface area contributed by atoms with Gasteiger partial charge in [0, 0.05) is 11.8 Å². The first-order valence-corrected chi connectivity index (χ1v) is 9.88. The molecular formula is C18H16N4O5S. The van der Waals surface area contributed by atoms with Crippen LogP contribution in [0.4, 0.5) is 0 Å². The standard InChI is InChI=1S/C18H16N4O5S/c23-15(10-11-28(26,27)12-6-2-1-3-7-12)19-22-18(25)16-13-8-4-5-9-14(13)17(24)21-20-16/h1-9H,10-11H2,(H,19,23)(H,21,24)(H,22,25). The number of hydrogen-bond acceptors (Lipinski definition) is 6. The van der Waals surface area contributed by atoms with Crippen molar-refractivity contribution in [2.24, 2.45) is 0 Å². The second-order valence-corrected chi connectivity index (χ2v) is 7.94. The Morgan fingerprint density at radius 3 is 2.29 bits per heavy atom. The van der Waals surface area contributed by atoms with E-state index in [9.17, 15) is 22.8 Å². The van der Waals surface area contributed by atoms with E-state index >= 15 is 0 Å². The fourth-order valence-corrected chi connectivity index (χ4v) is 3.77. The van der Waals surface area contributed by atoms with Crippen LogP contribution >= 0.6 is 0 Å². The minimum Gasteiger partial charge on any atom is -0.273 e. The van der Waals surface area contributed by atoms with Crippen molar-refractivity contribution in [3.63, 3.8) is 0 Å². The average Bonchev–Trinajstić information content (AvgIpc) is 2.72. The quantitative estimate of drug-likeness (QED) is 0.535. The summed E-state index contributed by atoms with van der Waals surface area (Å²) in [4.78, 5) is 36.0. The smallest absolute Gasteiger partial charge is 0.273 e. The molecule has 1 aromatic heterocycles. The molecule has 2 amide bonds. The van der Waals surface area contributed by atoms with Gasteiger partial charge >= 0.3 is 0 Å². The SMILES string of the molecule is O=C(CCS(=O)(=O)c1ccccc1)NNC(=O)c1n[nH]c(=O)c2ccccc12. The highest BCUT2D eigenvalue weighted by atomic mass is 32.2. The van der Waals surface area contributed by atoms with Crippen LogP contribution in [0.15, 0.2) is 64.3 Å². The van der Waals surface area contributed by atoms with Crippen LogP contribution in [0.5, 0.6) is 0 Å². The van der Waals surface area contributed by atoms with Gasteiger partial charge in [-0.25, -0.2) is 13.5 Å². The number of H-pyrrole nitrogens is 1. The predicted octanol–water partition coefficient (Wildman–Crippen LogP) is 0.548. The molecule has 144 valence electrons. The molecule has 0 unspecified atom stereocenters. The molecule has 28 heavy (non-hydrogen) atoms. The zero-order chi connectivity index (χ0) is 20.1. The first-order valence-electron chi connectivity index (χ1n) is 8.23. The first kappa shape index (κ1) is 19.2. The second kappa shape index (κ2) is 8.01. The molecule has 2 aromatic carbocycles. The van der Waals surface area contributed by atoms with Crippen molar-refractivity contribution in [2.45, 2.75) is 11.3 Å². The lowest BCUT2D eigenvalue weighted by molar-refractivity contribution is -0.121. The number of aromatic amines is 1. The average molecular weight is 400 g/mol. The summed E-state index contributed by atoms with van der Waals surface area (Å²) >= 11 is 0. The number of rotatable bonds is 5. The van der Waals surface area contributed by atoms with Gasteiger partial charge in [-0.3, -0.25) is 25.2 Å². The molecule has 0 spiro atoms. The Morgan fingerprint density at radius 1 is 0.929 bits per heavy atom. The van der Waals surface area contributed by atoms with Gasteiger partial charge in [-0.1, -0.05) is 36.4 Å². The van der Waals surface area contributed by atoms with Crippen molar-refractivity contribution in [3.05, 3.63) is 70.6 Å². The third kappa shape index (κ3) is 4.23. The highest BCUT2D eigenvalue weighted by Crippen LogP contribution is 2.12. The van der Waals surface area contributed by atoms with E-state index in [1.807, 2.05) is 0 Å². The predicted molar refractivity (Wildman–Crippen MR) is 101 cm³/mol. The van der Waals surface area contributed by atoms with Gasteiger partial charge in [0.05, 0.1) is 16.0 Å². The third-order valence-corrected chi connectivity index (χ3v) is 5.66. The molecule has 0 aliphatic rings. The molecule has 10 heteroatoms. The Bertz CT molecular complexity index is 1190. The molecule has 0 saturated heterocycles. The van der Waals surface area contributed by atoms with Crippen LogP contribution < -0.4 is 16.4 Å². The van der Waals surface area contributed by atoms with Crippen molar-refractivity contribution < 1.29 is 18.0 Å². The first-order chi connectivity index (χ1) is 13.4. The number of amides is 2. The molecule has 0 bridgehead atoms. The second-order valence-electron chi connectivity index (χ2n) is 5.83. The van der Waals surface area contributed by atoms with Gasteiger partial charge in [0.25, 0.3) is 11.5 Å². The normalized spacial score (nSPS) is 11.1. The molecule has 0 atom stereocenters. The summed E-state index contributed by atoms with van der Waals surface area (Å²) in [5.41, 5.74) is 3.80. The molecule has 3 N–H and O–H groups in total. The maximum absolute atomic E-state index is 12.3. The number of sulfone groups is 1. The number of aromatic nitrogens is 2. The Balaban J connectivity index is 1.62. The van der Waals surface area contributed by atoms with E-state index in [1.165, 1.54) is 12.1 Å². The fourth-order valence-electron chi connectivity index (χ4n) is 2.51. The van der Waals surface area contributed by atoms with Crippen LogP contribution in [0.1, 0.15) is 16.9 Å². The van der Waals surface area contributed by atoms with Gasteiger partial charge < -0.3 is 0 Å². The maximum Gasteiger partial charge on any atom is 0.290 e. The summed E-state index contributed by atoms with van der Waals surface area (Å²) in [5, 5.41) is 6.53. The van der Waals surface area contributed by atoms with Crippen LogP contribution in [-0.2, 0) is 14.6 Å². The van der Waals surface area contributed by atoms with Gasteiger partial charge in [-0.05, 0) is 18.2 Å². The van der Waals surface area contributed by atoms with Gasteiger partial charge in [0.2, 0.25) is 5.91 Å². The minimum absolute atomic E-state index is 0.0765. The van der Waals surface area contributed by atoms with Gasteiger partial charge in [0.1, 0.15) is 0 Å². The monoisotopic (exact) mass is 400 g/mol. The van der Waals surface area contributed by atoms with Crippen LogP contribution in [0.2, 0.25) is 0 Å². The number of nitrogens with zero attached hydrogens (tertiary/aromatic N) is 1. The third-order valence-electron chi connectivity index (χ3n) is 3.93. The summed E-state index contributed by atoms with van der Waals surface area (Å²) in [5.74, 6) is -1.83. The number of nitrogens with one attached hydrogen (secondary N) is 3. The highest BCUT2D eigenvalue weighted by molar-refractivity contribution is 7.91. The Morgan fingerprint density at radius 2 is 1.57 bits per heavy atom. The zero-order valence-corrected chi connectivity index (χ0v) is 15.3. The number of benzene rings is 2. The van der Waals surface area contributed by atoms with E-state index in [4.69, 9.17) is 0 Å². The number of hydrazine groups is 1. The molecule has 3 rings (SSSR count). The Kier molecular flexibility index (Phi) is 5.50. The summed E-state index contributed by atoms with van der Waals surface area (Å²) in [6, 6.07) is 14.2. The molecule has 0 saturated carbocycles. The molecule has 1 heterocycles. The summed E-state index contributed by atoms with van der Waals surface area (Å²) in [6.45, 7) is 0.